The van der Waals surface area contributed by atoms with Crippen LogP contribution < -0.4 is 10.6 Å². The number of hydrogen-bond donors (Lipinski definition) is 2. The Kier molecular flexibility index (Phi) is 4.02. The Morgan fingerprint density at radius 3 is 2.32 bits per heavy atom. The van der Waals surface area contributed by atoms with Gasteiger partial charge in [-0.05, 0) is 37.8 Å². The van der Waals surface area contributed by atoms with Crippen LogP contribution in [0.3, 0.4) is 0 Å². The van der Waals surface area contributed by atoms with E-state index in [-0.39, 0.29) is 17.1 Å². The molecule has 1 aliphatic rings. The quantitative estimate of drug-likeness (QED) is 0.636. The van der Waals surface area contributed by atoms with E-state index in [1.54, 1.807) is 4.90 Å². The zero-order valence-electron chi connectivity index (χ0n) is 11.0. The topological polar surface area (TPSA) is 53.1 Å². The maximum atomic E-state index is 14.0. The molecule has 0 radical (unpaired) electrons. The first-order valence-electron chi connectivity index (χ1n) is 6.61. The standard InChI is InChI=1S/C14H19F2N3/c1-2-19(8-9-4-3-5-9)13-11(15)6-10(14(17)18)7-12(13)16/h6-7,9H,2-5,8H2,1H3,(H3,17,18). The maximum Gasteiger partial charge on any atom is 0.150 e. The van der Waals surface area contributed by atoms with Crippen LogP contribution >= 0.6 is 0 Å². The molecule has 1 aromatic rings. The van der Waals surface area contributed by atoms with Crippen molar-refractivity contribution in [2.75, 3.05) is 18.0 Å². The first-order chi connectivity index (χ1) is 9.02. The number of nitrogens with zero attached hydrogens (tertiary/aromatic N) is 1. The van der Waals surface area contributed by atoms with Gasteiger partial charge < -0.3 is 10.6 Å². The molecule has 0 aliphatic heterocycles. The van der Waals surface area contributed by atoms with E-state index in [0.717, 1.165) is 25.0 Å². The first-order valence-corrected chi connectivity index (χ1v) is 6.61. The monoisotopic (exact) mass is 267 g/mol. The molecule has 19 heavy (non-hydrogen) atoms. The van der Waals surface area contributed by atoms with Gasteiger partial charge in [-0.15, -0.1) is 0 Å². The fraction of sp³-hybridized carbons (Fsp3) is 0.500. The minimum atomic E-state index is -0.647. The predicted molar refractivity (Wildman–Crippen MR) is 72.6 cm³/mol. The molecule has 1 aliphatic carbocycles. The highest BCUT2D eigenvalue weighted by molar-refractivity contribution is 5.95. The van der Waals surface area contributed by atoms with E-state index in [1.807, 2.05) is 6.92 Å². The van der Waals surface area contributed by atoms with Crippen molar-refractivity contribution in [1.29, 1.82) is 5.41 Å². The van der Waals surface area contributed by atoms with Crippen molar-refractivity contribution < 1.29 is 8.78 Å². The normalized spacial score (nSPS) is 15.1. The van der Waals surface area contributed by atoms with Crippen LogP contribution in [0.15, 0.2) is 12.1 Å². The van der Waals surface area contributed by atoms with Gasteiger partial charge in [-0.2, -0.15) is 0 Å². The summed E-state index contributed by atoms with van der Waals surface area (Å²) >= 11 is 0. The predicted octanol–water partition coefficient (Wildman–Crippen LogP) is 2.88. The molecular weight excluding hydrogens is 248 g/mol. The molecule has 0 saturated heterocycles. The Bertz CT molecular complexity index is 461. The van der Waals surface area contributed by atoms with Gasteiger partial charge in [-0.3, -0.25) is 5.41 Å². The number of rotatable bonds is 5. The lowest BCUT2D eigenvalue weighted by Gasteiger charge is -2.33. The summed E-state index contributed by atoms with van der Waals surface area (Å²) in [6.45, 7) is 3.13. The number of nitrogen functional groups attached to an aromatic ring is 1. The molecule has 0 unspecified atom stereocenters. The number of amidine groups is 1. The average molecular weight is 267 g/mol. The molecule has 0 heterocycles. The molecule has 1 aromatic carbocycles. The fourth-order valence-electron chi connectivity index (χ4n) is 2.39. The van der Waals surface area contributed by atoms with Gasteiger partial charge in [0.25, 0.3) is 0 Å². The molecule has 1 fully saturated rings. The molecule has 1 saturated carbocycles. The van der Waals surface area contributed by atoms with Crippen molar-refractivity contribution in [3.05, 3.63) is 29.3 Å². The molecule has 3 nitrogen and oxygen atoms in total. The van der Waals surface area contributed by atoms with E-state index in [2.05, 4.69) is 0 Å². The highest BCUT2D eigenvalue weighted by Crippen LogP contribution is 2.31. The summed E-state index contributed by atoms with van der Waals surface area (Å²) in [7, 11) is 0. The molecule has 104 valence electrons. The summed E-state index contributed by atoms with van der Waals surface area (Å²) in [5.74, 6) is -1.09. The number of nitrogens with two attached hydrogens (primary N) is 1. The van der Waals surface area contributed by atoms with Crippen molar-refractivity contribution in [2.24, 2.45) is 11.7 Å². The maximum absolute atomic E-state index is 14.0. The number of nitrogens with one attached hydrogen (secondary N) is 1. The summed E-state index contributed by atoms with van der Waals surface area (Å²) in [5, 5.41) is 7.23. The van der Waals surface area contributed by atoms with Crippen LogP contribution in [0.2, 0.25) is 0 Å². The lowest BCUT2D eigenvalue weighted by Crippen LogP contribution is -2.33. The van der Waals surface area contributed by atoms with Crippen LogP contribution in [0.4, 0.5) is 14.5 Å². The lowest BCUT2D eigenvalue weighted by molar-refractivity contribution is 0.317. The van der Waals surface area contributed by atoms with Crippen LogP contribution in [-0.2, 0) is 0 Å². The summed E-state index contributed by atoms with van der Waals surface area (Å²) in [6.07, 6.45) is 3.47. The zero-order chi connectivity index (χ0) is 14.0. The SMILES string of the molecule is CCN(CC1CCC1)c1c(F)cc(C(=N)N)cc1F. The lowest BCUT2D eigenvalue weighted by atomic mass is 9.85. The van der Waals surface area contributed by atoms with Gasteiger partial charge in [-0.25, -0.2) is 8.78 Å². The Balaban J connectivity index is 2.28. The van der Waals surface area contributed by atoms with Crippen LogP contribution in [-0.4, -0.2) is 18.9 Å². The van der Waals surface area contributed by atoms with E-state index in [4.69, 9.17) is 11.1 Å². The van der Waals surface area contributed by atoms with E-state index in [1.165, 1.54) is 6.42 Å². The zero-order valence-corrected chi connectivity index (χ0v) is 11.0. The van der Waals surface area contributed by atoms with Crippen LogP contribution in [0.25, 0.3) is 0 Å². The smallest absolute Gasteiger partial charge is 0.150 e. The first kappa shape index (κ1) is 13.8. The van der Waals surface area contributed by atoms with Crippen molar-refractivity contribution in [1.82, 2.24) is 0 Å². The minimum absolute atomic E-state index is 0.000556. The molecular formula is C14H19F2N3. The van der Waals surface area contributed by atoms with Crippen molar-refractivity contribution in [3.63, 3.8) is 0 Å². The molecule has 0 bridgehead atoms. The van der Waals surface area contributed by atoms with Gasteiger partial charge in [-0.1, -0.05) is 6.42 Å². The largest absolute Gasteiger partial charge is 0.384 e. The molecule has 0 spiro atoms. The van der Waals surface area contributed by atoms with E-state index < -0.39 is 11.6 Å². The van der Waals surface area contributed by atoms with Crippen molar-refractivity contribution in [3.8, 4) is 0 Å². The van der Waals surface area contributed by atoms with Gasteiger partial charge in [0.05, 0.1) is 0 Å². The third-order valence-corrected chi connectivity index (χ3v) is 3.73. The fourth-order valence-corrected chi connectivity index (χ4v) is 2.39. The summed E-state index contributed by atoms with van der Waals surface area (Å²) in [6, 6.07) is 2.26. The third-order valence-electron chi connectivity index (χ3n) is 3.73. The molecule has 0 amide bonds. The van der Waals surface area contributed by atoms with Crippen LogP contribution in [0, 0.1) is 23.0 Å². The van der Waals surface area contributed by atoms with E-state index >= 15 is 0 Å². The van der Waals surface area contributed by atoms with Gasteiger partial charge in [0.1, 0.15) is 23.2 Å². The van der Waals surface area contributed by atoms with Gasteiger partial charge in [0.15, 0.2) is 0 Å². The Hall–Kier alpha value is -1.65. The number of halogens is 2. The summed E-state index contributed by atoms with van der Waals surface area (Å²) in [5.41, 5.74) is 5.34. The molecule has 5 heteroatoms. The summed E-state index contributed by atoms with van der Waals surface area (Å²) < 4.78 is 28.1. The van der Waals surface area contributed by atoms with Crippen LogP contribution in [0.1, 0.15) is 31.7 Å². The summed E-state index contributed by atoms with van der Waals surface area (Å²) in [4.78, 5) is 1.73. The Morgan fingerprint density at radius 2 is 1.95 bits per heavy atom. The number of anilines is 1. The molecule has 0 atom stereocenters. The molecule has 3 N–H and O–H groups in total. The second kappa shape index (κ2) is 5.55. The second-order valence-electron chi connectivity index (χ2n) is 5.04. The highest BCUT2D eigenvalue weighted by atomic mass is 19.1. The van der Waals surface area contributed by atoms with Gasteiger partial charge >= 0.3 is 0 Å². The highest BCUT2D eigenvalue weighted by Gasteiger charge is 2.24. The average Bonchev–Trinajstić information content (AvgIpc) is 2.29. The molecule has 2 rings (SSSR count). The third kappa shape index (κ3) is 2.85. The number of benzene rings is 1. The molecule has 0 aromatic heterocycles. The van der Waals surface area contributed by atoms with Crippen LogP contribution in [0.5, 0.6) is 0 Å². The van der Waals surface area contributed by atoms with E-state index in [9.17, 15) is 8.78 Å². The Morgan fingerprint density at radius 1 is 1.37 bits per heavy atom. The van der Waals surface area contributed by atoms with Gasteiger partial charge in [0, 0.05) is 18.7 Å². The van der Waals surface area contributed by atoms with Gasteiger partial charge in [0.2, 0.25) is 0 Å². The van der Waals surface area contributed by atoms with Crippen molar-refractivity contribution >= 4 is 11.5 Å². The van der Waals surface area contributed by atoms with Crippen molar-refractivity contribution in [2.45, 2.75) is 26.2 Å². The Labute approximate surface area is 111 Å². The van der Waals surface area contributed by atoms with E-state index in [0.29, 0.717) is 19.0 Å². The second-order valence-corrected chi connectivity index (χ2v) is 5.04. The minimum Gasteiger partial charge on any atom is -0.384 e. The number of hydrogen-bond acceptors (Lipinski definition) is 2.